The molecule has 110 valence electrons. The summed E-state index contributed by atoms with van der Waals surface area (Å²) in [5.74, 6) is 8.19. The monoisotopic (exact) mass is 286 g/mol. The number of aryl methyl sites for hydroxylation is 1. The smallest absolute Gasteiger partial charge is 0.161 e. The van der Waals surface area contributed by atoms with Gasteiger partial charge in [0.05, 0.1) is 13.2 Å². The Labute approximate surface area is 123 Å². The molecule has 1 aromatic heterocycles. The molecule has 0 fully saturated rings. The number of nitrogens with two attached hydrogens (primary N) is 1. The third-order valence-corrected chi connectivity index (χ3v) is 3.30. The predicted molar refractivity (Wildman–Crippen MR) is 80.3 cm³/mol. The van der Waals surface area contributed by atoms with Crippen LogP contribution in [0.4, 0.5) is 5.82 Å². The first kappa shape index (κ1) is 13.6. The summed E-state index contributed by atoms with van der Waals surface area (Å²) < 4.78 is 11.3. The van der Waals surface area contributed by atoms with Crippen LogP contribution in [0.25, 0.3) is 11.4 Å². The molecule has 0 bridgehead atoms. The molecule has 21 heavy (non-hydrogen) atoms. The maximum atomic E-state index is 5.70. The summed E-state index contributed by atoms with van der Waals surface area (Å²) in [5, 5.41) is 0. The van der Waals surface area contributed by atoms with Gasteiger partial charge in [-0.25, -0.2) is 15.8 Å². The van der Waals surface area contributed by atoms with E-state index in [1.807, 2.05) is 31.2 Å². The fraction of sp³-hybridized carbons (Fsp3) is 0.333. The molecule has 1 aromatic carbocycles. The quantitative estimate of drug-likeness (QED) is 0.664. The van der Waals surface area contributed by atoms with Gasteiger partial charge in [0.1, 0.15) is 5.82 Å². The summed E-state index contributed by atoms with van der Waals surface area (Å²) in [7, 11) is 0. The van der Waals surface area contributed by atoms with Crippen LogP contribution in [0.15, 0.2) is 24.3 Å². The molecule has 0 spiro atoms. The minimum Gasteiger partial charge on any atom is -0.490 e. The average molecular weight is 286 g/mol. The Hall–Kier alpha value is -2.34. The number of rotatable bonds is 3. The van der Waals surface area contributed by atoms with Crippen molar-refractivity contribution < 1.29 is 9.47 Å². The second-order valence-electron chi connectivity index (χ2n) is 4.78. The van der Waals surface area contributed by atoms with Gasteiger partial charge in [0.15, 0.2) is 17.3 Å². The molecular formula is C15H18N4O2. The number of nitrogens with zero attached hydrogens (tertiary/aromatic N) is 2. The van der Waals surface area contributed by atoms with E-state index >= 15 is 0 Å². The summed E-state index contributed by atoms with van der Waals surface area (Å²) >= 11 is 0. The standard InChI is InChI=1S/C15H18N4O2/c1-2-11-9-14(19-16)18-15(17-11)10-4-5-12-13(8-10)21-7-3-6-20-12/h4-5,8-9H,2-3,6-7,16H2,1H3,(H,17,18,19). The van der Waals surface area contributed by atoms with E-state index in [4.69, 9.17) is 15.3 Å². The fourth-order valence-electron chi connectivity index (χ4n) is 2.18. The third-order valence-electron chi connectivity index (χ3n) is 3.30. The van der Waals surface area contributed by atoms with Crippen molar-refractivity contribution in [3.8, 4) is 22.9 Å². The second-order valence-corrected chi connectivity index (χ2v) is 4.78. The molecule has 2 heterocycles. The SMILES string of the molecule is CCc1cc(NN)nc(-c2ccc3c(c2)OCCCO3)n1. The maximum Gasteiger partial charge on any atom is 0.161 e. The summed E-state index contributed by atoms with van der Waals surface area (Å²) in [5.41, 5.74) is 4.39. The summed E-state index contributed by atoms with van der Waals surface area (Å²) in [6.45, 7) is 3.37. The van der Waals surface area contributed by atoms with Crippen molar-refractivity contribution in [1.29, 1.82) is 0 Å². The first-order valence-corrected chi connectivity index (χ1v) is 7.04. The average Bonchev–Trinajstić information content (AvgIpc) is 2.78. The summed E-state index contributed by atoms with van der Waals surface area (Å²) in [4.78, 5) is 8.94. The number of ether oxygens (including phenoxy) is 2. The number of anilines is 1. The van der Waals surface area contributed by atoms with Crippen LogP contribution in [0.5, 0.6) is 11.5 Å². The first-order chi connectivity index (χ1) is 10.3. The number of aromatic nitrogens is 2. The molecule has 0 amide bonds. The first-order valence-electron chi connectivity index (χ1n) is 7.04. The van der Waals surface area contributed by atoms with Crippen LogP contribution in [0.2, 0.25) is 0 Å². The normalized spacial score (nSPS) is 13.6. The van der Waals surface area contributed by atoms with Crippen molar-refractivity contribution in [3.05, 3.63) is 30.0 Å². The van der Waals surface area contributed by atoms with Gasteiger partial charge in [-0.05, 0) is 24.6 Å². The van der Waals surface area contributed by atoms with E-state index in [0.717, 1.165) is 35.6 Å². The molecular weight excluding hydrogens is 268 g/mol. The number of hydrogen-bond acceptors (Lipinski definition) is 6. The van der Waals surface area contributed by atoms with Crippen molar-refractivity contribution in [2.75, 3.05) is 18.6 Å². The number of hydrogen-bond donors (Lipinski definition) is 2. The van der Waals surface area contributed by atoms with E-state index in [2.05, 4.69) is 15.4 Å². The molecule has 3 rings (SSSR count). The summed E-state index contributed by atoms with van der Waals surface area (Å²) in [6, 6.07) is 7.58. The van der Waals surface area contributed by atoms with Crippen molar-refractivity contribution in [1.82, 2.24) is 9.97 Å². The zero-order chi connectivity index (χ0) is 14.7. The van der Waals surface area contributed by atoms with Crippen molar-refractivity contribution in [2.45, 2.75) is 19.8 Å². The van der Waals surface area contributed by atoms with Gasteiger partial charge in [0.25, 0.3) is 0 Å². The fourth-order valence-corrected chi connectivity index (χ4v) is 2.18. The van der Waals surface area contributed by atoms with Crippen molar-refractivity contribution >= 4 is 5.82 Å². The highest BCUT2D eigenvalue weighted by Crippen LogP contribution is 2.33. The van der Waals surface area contributed by atoms with Gasteiger partial charge in [-0.15, -0.1) is 0 Å². The Bertz CT molecular complexity index is 623. The Kier molecular flexibility index (Phi) is 3.87. The topological polar surface area (TPSA) is 82.3 Å². The highest BCUT2D eigenvalue weighted by molar-refractivity contribution is 5.62. The van der Waals surface area contributed by atoms with E-state index in [-0.39, 0.29) is 0 Å². The van der Waals surface area contributed by atoms with Gasteiger partial charge in [-0.1, -0.05) is 6.92 Å². The molecule has 0 aliphatic carbocycles. The largest absolute Gasteiger partial charge is 0.490 e. The van der Waals surface area contributed by atoms with Gasteiger partial charge < -0.3 is 14.9 Å². The highest BCUT2D eigenvalue weighted by Gasteiger charge is 2.13. The molecule has 0 saturated carbocycles. The van der Waals surface area contributed by atoms with Crippen LogP contribution in [0, 0.1) is 0 Å². The third kappa shape index (κ3) is 2.90. The van der Waals surface area contributed by atoms with Crippen LogP contribution in [-0.2, 0) is 6.42 Å². The highest BCUT2D eigenvalue weighted by atomic mass is 16.5. The molecule has 2 aromatic rings. The summed E-state index contributed by atoms with van der Waals surface area (Å²) in [6.07, 6.45) is 1.70. The molecule has 0 radical (unpaired) electrons. The van der Waals surface area contributed by atoms with Gasteiger partial charge in [-0.3, -0.25) is 0 Å². The Balaban J connectivity index is 2.02. The lowest BCUT2D eigenvalue weighted by Gasteiger charge is -2.10. The van der Waals surface area contributed by atoms with Gasteiger partial charge in [-0.2, -0.15) is 0 Å². The zero-order valence-corrected chi connectivity index (χ0v) is 11.9. The van der Waals surface area contributed by atoms with Crippen LogP contribution in [-0.4, -0.2) is 23.2 Å². The molecule has 0 atom stereocenters. The molecule has 0 saturated heterocycles. The molecule has 6 nitrogen and oxygen atoms in total. The van der Waals surface area contributed by atoms with E-state index in [1.54, 1.807) is 0 Å². The minimum absolute atomic E-state index is 0.601. The van der Waals surface area contributed by atoms with Gasteiger partial charge in [0.2, 0.25) is 0 Å². The zero-order valence-electron chi connectivity index (χ0n) is 11.9. The number of hydrazine groups is 1. The molecule has 3 N–H and O–H groups in total. The predicted octanol–water partition coefficient (Wildman–Crippen LogP) is 2.15. The van der Waals surface area contributed by atoms with Crippen molar-refractivity contribution in [3.63, 3.8) is 0 Å². The van der Waals surface area contributed by atoms with Gasteiger partial charge >= 0.3 is 0 Å². The lowest BCUT2D eigenvalue weighted by atomic mass is 10.1. The van der Waals surface area contributed by atoms with Crippen LogP contribution < -0.4 is 20.7 Å². The Morgan fingerprint density at radius 1 is 1.14 bits per heavy atom. The number of benzene rings is 1. The second kappa shape index (κ2) is 5.97. The molecule has 0 unspecified atom stereocenters. The number of nitrogen functional groups attached to an aromatic ring is 1. The van der Waals surface area contributed by atoms with E-state index < -0.39 is 0 Å². The van der Waals surface area contributed by atoms with Crippen LogP contribution >= 0.6 is 0 Å². The van der Waals surface area contributed by atoms with Gasteiger partial charge in [0, 0.05) is 23.7 Å². The van der Waals surface area contributed by atoms with Crippen LogP contribution in [0.1, 0.15) is 19.0 Å². The number of fused-ring (bicyclic) bond motifs is 1. The van der Waals surface area contributed by atoms with E-state index in [1.165, 1.54) is 0 Å². The minimum atomic E-state index is 0.601. The Morgan fingerprint density at radius 3 is 2.71 bits per heavy atom. The lowest BCUT2D eigenvalue weighted by Crippen LogP contribution is -2.10. The maximum absolute atomic E-state index is 5.70. The lowest BCUT2D eigenvalue weighted by molar-refractivity contribution is 0.297. The number of nitrogens with one attached hydrogen (secondary N) is 1. The van der Waals surface area contributed by atoms with Crippen LogP contribution in [0.3, 0.4) is 0 Å². The molecule has 1 aliphatic rings. The van der Waals surface area contributed by atoms with Crippen molar-refractivity contribution in [2.24, 2.45) is 5.84 Å². The van der Waals surface area contributed by atoms with E-state index in [0.29, 0.717) is 24.9 Å². The van der Waals surface area contributed by atoms with E-state index in [9.17, 15) is 0 Å². The molecule has 1 aliphatic heterocycles. The Morgan fingerprint density at radius 2 is 1.95 bits per heavy atom. The molecule has 6 heteroatoms.